The Balaban J connectivity index is 2.80. The second-order valence-corrected chi connectivity index (χ2v) is 5.08. The summed E-state index contributed by atoms with van der Waals surface area (Å²) in [5.74, 6) is -0.223. The molecule has 0 heterocycles. The largest absolute Gasteiger partial charge is 0.327 e. The van der Waals surface area contributed by atoms with E-state index in [0.29, 0.717) is 11.3 Å². The van der Waals surface area contributed by atoms with Crippen LogP contribution in [0.25, 0.3) is 0 Å². The van der Waals surface area contributed by atoms with E-state index >= 15 is 0 Å². The van der Waals surface area contributed by atoms with E-state index in [2.05, 4.69) is 5.32 Å². The molecule has 0 radical (unpaired) electrons. The zero-order valence-electron chi connectivity index (χ0n) is 11.5. The second-order valence-electron chi connectivity index (χ2n) is 4.68. The van der Waals surface area contributed by atoms with Crippen LogP contribution in [0.15, 0.2) is 12.1 Å². The monoisotopic (exact) mass is 299 g/mol. The lowest BCUT2D eigenvalue weighted by atomic mass is 10.1. The zero-order chi connectivity index (χ0) is 15.3. The predicted octanol–water partition coefficient (Wildman–Crippen LogP) is 3.01. The van der Waals surface area contributed by atoms with Crippen molar-refractivity contribution in [3.63, 3.8) is 0 Å². The molecule has 0 bridgehead atoms. The quantitative estimate of drug-likeness (QED) is 0.623. The minimum Gasteiger partial charge on any atom is -0.327 e. The number of carbonyl (C=O) groups is 1. The molecule has 1 unspecified atom stereocenters. The van der Waals surface area contributed by atoms with Crippen LogP contribution in [-0.4, -0.2) is 16.9 Å². The normalized spacial score (nSPS) is 12.0. The van der Waals surface area contributed by atoms with E-state index < -0.39 is 4.92 Å². The van der Waals surface area contributed by atoms with Gasteiger partial charge in [0.25, 0.3) is 5.69 Å². The maximum Gasteiger partial charge on any atom is 0.288 e. The van der Waals surface area contributed by atoms with Gasteiger partial charge in [0.15, 0.2) is 0 Å². The molecular formula is C13H18ClN3O3. The van der Waals surface area contributed by atoms with Crippen LogP contribution < -0.4 is 11.1 Å². The molecule has 3 N–H and O–H groups in total. The van der Waals surface area contributed by atoms with Crippen molar-refractivity contribution in [2.45, 2.75) is 39.2 Å². The van der Waals surface area contributed by atoms with Crippen LogP contribution in [0.3, 0.4) is 0 Å². The van der Waals surface area contributed by atoms with Gasteiger partial charge in [0.1, 0.15) is 5.02 Å². The summed E-state index contributed by atoms with van der Waals surface area (Å²) in [7, 11) is 0. The van der Waals surface area contributed by atoms with Crippen molar-refractivity contribution in [3.8, 4) is 0 Å². The fourth-order valence-corrected chi connectivity index (χ4v) is 2.09. The van der Waals surface area contributed by atoms with Gasteiger partial charge in [-0.2, -0.15) is 0 Å². The van der Waals surface area contributed by atoms with Crippen molar-refractivity contribution < 1.29 is 9.72 Å². The van der Waals surface area contributed by atoms with Crippen molar-refractivity contribution in [1.82, 2.24) is 0 Å². The van der Waals surface area contributed by atoms with E-state index in [0.717, 1.165) is 12.8 Å². The van der Waals surface area contributed by atoms with Gasteiger partial charge in [-0.15, -0.1) is 0 Å². The van der Waals surface area contributed by atoms with Gasteiger partial charge in [0, 0.05) is 24.2 Å². The fourth-order valence-electron chi connectivity index (χ4n) is 1.85. The Hall–Kier alpha value is -1.66. The third-order valence-electron chi connectivity index (χ3n) is 2.87. The van der Waals surface area contributed by atoms with E-state index in [1.54, 1.807) is 6.92 Å². The molecule has 0 aliphatic carbocycles. The molecule has 0 aliphatic rings. The van der Waals surface area contributed by atoms with Crippen LogP contribution in [0.2, 0.25) is 5.02 Å². The van der Waals surface area contributed by atoms with Gasteiger partial charge in [-0.1, -0.05) is 24.9 Å². The van der Waals surface area contributed by atoms with E-state index in [9.17, 15) is 14.9 Å². The minimum atomic E-state index is -0.557. The van der Waals surface area contributed by atoms with Gasteiger partial charge in [0.2, 0.25) is 5.91 Å². The highest BCUT2D eigenvalue weighted by atomic mass is 35.5. The SMILES string of the molecule is CCCC(N)CC(=O)Nc1cc(Cl)c([N+](=O)[O-])cc1C. The first kappa shape index (κ1) is 16.4. The number of hydrogen-bond acceptors (Lipinski definition) is 4. The number of nitro benzene ring substituents is 1. The van der Waals surface area contributed by atoms with Crippen molar-refractivity contribution in [1.29, 1.82) is 0 Å². The van der Waals surface area contributed by atoms with Gasteiger partial charge >= 0.3 is 0 Å². The van der Waals surface area contributed by atoms with Crippen LogP contribution in [-0.2, 0) is 4.79 Å². The standard InChI is InChI=1S/C13H18ClN3O3/c1-3-4-9(15)6-13(18)16-11-7-10(14)12(17(19)20)5-8(11)2/h5,7,9H,3-4,6,15H2,1-2H3,(H,16,18). The van der Waals surface area contributed by atoms with Gasteiger partial charge in [-0.3, -0.25) is 14.9 Å². The minimum absolute atomic E-state index is 0.00578. The topological polar surface area (TPSA) is 98.3 Å². The van der Waals surface area contributed by atoms with E-state index in [-0.39, 0.29) is 29.1 Å². The molecule has 6 nitrogen and oxygen atoms in total. The van der Waals surface area contributed by atoms with Crippen LogP contribution in [0, 0.1) is 17.0 Å². The first-order valence-electron chi connectivity index (χ1n) is 6.35. The molecule has 1 aromatic carbocycles. The first-order valence-corrected chi connectivity index (χ1v) is 6.73. The van der Waals surface area contributed by atoms with Crippen LogP contribution in [0.5, 0.6) is 0 Å². The van der Waals surface area contributed by atoms with Gasteiger partial charge in [-0.05, 0) is 25.0 Å². The third kappa shape index (κ3) is 4.47. The molecular weight excluding hydrogens is 282 g/mol. The van der Waals surface area contributed by atoms with Gasteiger partial charge in [-0.25, -0.2) is 0 Å². The van der Waals surface area contributed by atoms with Crippen LogP contribution >= 0.6 is 11.6 Å². The molecule has 1 aromatic rings. The summed E-state index contributed by atoms with van der Waals surface area (Å²) in [4.78, 5) is 22.0. The lowest BCUT2D eigenvalue weighted by Crippen LogP contribution is -2.27. The number of amides is 1. The van der Waals surface area contributed by atoms with Crippen molar-refractivity contribution in [2.24, 2.45) is 5.73 Å². The van der Waals surface area contributed by atoms with Gasteiger partial charge < -0.3 is 11.1 Å². The lowest BCUT2D eigenvalue weighted by Gasteiger charge is -2.12. The van der Waals surface area contributed by atoms with Crippen LogP contribution in [0.1, 0.15) is 31.7 Å². The number of aryl methyl sites for hydroxylation is 1. The fraction of sp³-hybridized carbons (Fsp3) is 0.462. The third-order valence-corrected chi connectivity index (χ3v) is 3.17. The summed E-state index contributed by atoms with van der Waals surface area (Å²) in [5, 5.41) is 13.4. The number of nitrogens with one attached hydrogen (secondary N) is 1. The average Bonchev–Trinajstić information content (AvgIpc) is 2.33. The molecule has 0 saturated carbocycles. The average molecular weight is 300 g/mol. The summed E-state index contributed by atoms with van der Waals surface area (Å²) >= 11 is 5.82. The Morgan fingerprint density at radius 1 is 1.55 bits per heavy atom. The molecule has 0 fully saturated rings. The molecule has 20 heavy (non-hydrogen) atoms. The summed E-state index contributed by atoms with van der Waals surface area (Å²) in [6.07, 6.45) is 1.89. The molecule has 0 spiro atoms. The summed E-state index contributed by atoms with van der Waals surface area (Å²) in [6.45, 7) is 3.67. The maximum atomic E-state index is 11.8. The summed E-state index contributed by atoms with van der Waals surface area (Å²) < 4.78 is 0. The summed E-state index contributed by atoms with van der Waals surface area (Å²) in [6, 6.07) is 2.54. The Kier molecular flexibility index (Phi) is 5.91. The van der Waals surface area contributed by atoms with E-state index in [4.69, 9.17) is 17.3 Å². The smallest absolute Gasteiger partial charge is 0.288 e. The molecule has 110 valence electrons. The van der Waals surface area contributed by atoms with E-state index in [1.165, 1.54) is 12.1 Å². The molecule has 7 heteroatoms. The number of nitro groups is 1. The van der Waals surface area contributed by atoms with E-state index in [1.807, 2.05) is 6.92 Å². The lowest BCUT2D eigenvalue weighted by molar-refractivity contribution is -0.384. The highest BCUT2D eigenvalue weighted by Crippen LogP contribution is 2.30. The molecule has 1 rings (SSSR count). The Morgan fingerprint density at radius 3 is 2.75 bits per heavy atom. The second kappa shape index (κ2) is 7.21. The molecule has 1 atom stereocenters. The van der Waals surface area contributed by atoms with Crippen molar-refractivity contribution in [3.05, 3.63) is 32.8 Å². The molecule has 0 aliphatic heterocycles. The maximum absolute atomic E-state index is 11.8. The Morgan fingerprint density at radius 2 is 2.20 bits per heavy atom. The highest BCUT2D eigenvalue weighted by molar-refractivity contribution is 6.33. The van der Waals surface area contributed by atoms with Crippen LogP contribution in [0.4, 0.5) is 11.4 Å². The number of hydrogen-bond donors (Lipinski definition) is 2. The van der Waals surface area contributed by atoms with Crippen molar-refractivity contribution in [2.75, 3.05) is 5.32 Å². The number of carbonyl (C=O) groups excluding carboxylic acids is 1. The number of nitrogens with zero attached hydrogens (tertiary/aromatic N) is 1. The number of rotatable bonds is 6. The zero-order valence-corrected chi connectivity index (χ0v) is 12.2. The number of benzene rings is 1. The first-order chi connectivity index (χ1) is 9.35. The molecule has 1 amide bonds. The van der Waals surface area contributed by atoms with Gasteiger partial charge in [0.05, 0.1) is 4.92 Å². The Labute approximate surface area is 122 Å². The number of anilines is 1. The predicted molar refractivity (Wildman–Crippen MR) is 79.0 cm³/mol. The highest BCUT2D eigenvalue weighted by Gasteiger charge is 2.16. The number of nitrogens with two attached hydrogens (primary N) is 1. The molecule has 0 aromatic heterocycles. The Bertz CT molecular complexity index is 520. The summed E-state index contributed by atoms with van der Waals surface area (Å²) in [5.41, 5.74) is 6.67. The van der Waals surface area contributed by atoms with Crippen molar-refractivity contribution >= 4 is 28.9 Å². The molecule has 0 saturated heterocycles. The number of halogens is 1.